The van der Waals surface area contributed by atoms with Crippen molar-refractivity contribution in [3.8, 4) is 5.75 Å². The Bertz CT molecular complexity index is 1640. The molecule has 4 aromatic rings. The monoisotopic (exact) mass is 629 g/mol. The molecular formula is C34H32FN3O4S2. The van der Waals surface area contributed by atoms with Crippen LogP contribution in [0.2, 0.25) is 0 Å². The van der Waals surface area contributed by atoms with Gasteiger partial charge in [0, 0.05) is 5.75 Å². The van der Waals surface area contributed by atoms with E-state index in [-0.39, 0.29) is 16.5 Å². The first-order valence-electron chi connectivity index (χ1n) is 14.4. The largest absolute Gasteiger partial charge is 0.503 e. The fraction of sp³-hybridized carbons (Fsp3) is 0.235. The minimum atomic E-state index is -0.920. The van der Waals surface area contributed by atoms with Crippen molar-refractivity contribution in [2.24, 2.45) is 0 Å². The number of aromatic nitrogens is 2. The van der Waals surface area contributed by atoms with E-state index in [2.05, 4.69) is 17.1 Å². The number of ketones is 1. The van der Waals surface area contributed by atoms with E-state index in [0.29, 0.717) is 28.0 Å². The fourth-order valence-electron chi connectivity index (χ4n) is 4.74. The van der Waals surface area contributed by atoms with Gasteiger partial charge in [0.05, 0.1) is 18.2 Å². The van der Waals surface area contributed by atoms with E-state index in [0.717, 1.165) is 36.8 Å². The smallest absolute Gasteiger partial charge is 0.296 e. The van der Waals surface area contributed by atoms with E-state index in [4.69, 9.17) is 4.74 Å². The van der Waals surface area contributed by atoms with Crippen LogP contribution in [0.3, 0.4) is 0 Å². The zero-order chi connectivity index (χ0) is 30.9. The van der Waals surface area contributed by atoms with E-state index in [9.17, 15) is 19.1 Å². The summed E-state index contributed by atoms with van der Waals surface area (Å²) in [4.78, 5) is 28.4. The van der Waals surface area contributed by atoms with Crippen LogP contribution in [-0.2, 0) is 15.3 Å². The van der Waals surface area contributed by atoms with Gasteiger partial charge in [0.25, 0.3) is 5.91 Å². The van der Waals surface area contributed by atoms with E-state index >= 15 is 0 Å². The second-order valence-corrected chi connectivity index (χ2v) is 12.4. The zero-order valence-corrected chi connectivity index (χ0v) is 25.8. The van der Waals surface area contributed by atoms with Crippen molar-refractivity contribution in [3.05, 3.63) is 119 Å². The summed E-state index contributed by atoms with van der Waals surface area (Å²) in [6.45, 7) is 2.76. The summed E-state index contributed by atoms with van der Waals surface area (Å²) in [5.74, 6) is -0.929. The maximum atomic E-state index is 13.5. The molecule has 3 aromatic carbocycles. The number of thioether (sulfide) groups is 1. The lowest BCUT2D eigenvalue weighted by molar-refractivity contribution is -0.117. The first kappa shape index (κ1) is 31.2. The highest BCUT2D eigenvalue weighted by Gasteiger charge is 2.45. The lowest BCUT2D eigenvalue weighted by Gasteiger charge is -2.24. The Morgan fingerprint density at radius 1 is 1.02 bits per heavy atom. The number of anilines is 1. The number of allylic oxidation sites excluding steroid dienone is 1. The molecule has 1 unspecified atom stereocenters. The molecule has 44 heavy (non-hydrogen) atoms. The predicted molar refractivity (Wildman–Crippen MR) is 172 cm³/mol. The molecule has 1 aliphatic rings. The van der Waals surface area contributed by atoms with Gasteiger partial charge in [-0.1, -0.05) is 110 Å². The molecule has 0 saturated heterocycles. The van der Waals surface area contributed by atoms with Gasteiger partial charge in [0.1, 0.15) is 11.6 Å². The highest BCUT2D eigenvalue weighted by Crippen LogP contribution is 2.43. The van der Waals surface area contributed by atoms with Crippen molar-refractivity contribution in [1.82, 2.24) is 10.2 Å². The maximum Gasteiger partial charge on any atom is 0.296 e. The molecule has 0 spiro atoms. The maximum absolute atomic E-state index is 13.5. The lowest BCUT2D eigenvalue weighted by Crippen LogP contribution is -2.30. The quantitative estimate of drug-likeness (QED) is 0.0652. The number of aliphatic hydroxyl groups is 1. The topological polar surface area (TPSA) is 92.6 Å². The van der Waals surface area contributed by atoms with Gasteiger partial charge in [-0.2, -0.15) is 0 Å². The number of benzene rings is 3. The normalized spacial score (nSPS) is 15.0. The Hall–Kier alpha value is -4.28. The number of hydrogen-bond acceptors (Lipinski definition) is 8. The number of carbonyl (C=O) groups excluding carboxylic acids is 2. The van der Waals surface area contributed by atoms with Gasteiger partial charge in [0.2, 0.25) is 5.13 Å². The van der Waals surface area contributed by atoms with Gasteiger partial charge in [0.15, 0.2) is 15.9 Å². The number of amides is 1. The van der Waals surface area contributed by atoms with Crippen LogP contribution >= 0.6 is 23.1 Å². The fourth-order valence-corrected chi connectivity index (χ4v) is 6.57. The molecule has 5 rings (SSSR count). The molecule has 1 N–H and O–H groups in total. The van der Waals surface area contributed by atoms with Crippen LogP contribution in [0.5, 0.6) is 5.75 Å². The number of aliphatic hydroxyl groups excluding tert-OH is 1. The Morgan fingerprint density at radius 3 is 2.50 bits per heavy atom. The number of nitrogens with zero attached hydrogens (tertiary/aromatic N) is 3. The van der Waals surface area contributed by atoms with Crippen molar-refractivity contribution < 1.29 is 23.8 Å². The summed E-state index contributed by atoms with van der Waals surface area (Å²) in [6, 6.07) is 21.8. The highest BCUT2D eigenvalue weighted by atomic mass is 32.2. The molecule has 2 heterocycles. The van der Waals surface area contributed by atoms with Crippen LogP contribution < -0.4 is 9.64 Å². The van der Waals surface area contributed by atoms with Gasteiger partial charge in [-0.15, -0.1) is 10.2 Å². The summed E-state index contributed by atoms with van der Waals surface area (Å²) in [5, 5.41) is 19.8. The number of carbonyl (C=O) groups is 2. The van der Waals surface area contributed by atoms with Crippen LogP contribution in [-0.4, -0.2) is 33.6 Å². The molecule has 10 heteroatoms. The third-order valence-corrected chi connectivity index (χ3v) is 9.17. The minimum absolute atomic E-state index is 0.0360. The average molecular weight is 630 g/mol. The first-order valence-corrected chi connectivity index (χ1v) is 16.2. The summed E-state index contributed by atoms with van der Waals surface area (Å²) in [6.07, 6.45) is 7.39. The molecule has 0 fully saturated rings. The summed E-state index contributed by atoms with van der Waals surface area (Å²) >= 11 is 2.58. The number of rotatable bonds is 14. The van der Waals surface area contributed by atoms with E-state index in [1.807, 2.05) is 30.3 Å². The molecule has 1 aromatic heterocycles. The summed E-state index contributed by atoms with van der Waals surface area (Å²) in [5.41, 5.74) is 2.30. The molecule has 1 amide bonds. The van der Waals surface area contributed by atoms with Crippen LogP contribution in [0.15, 0.2) is 101 Å². The van der Waals surface area contributed by atoms with Crippen molar-refractivity contribution in [2.75, 3.05) is 11.5 Å². The van der Waals surface area contributed by atoms with E-state index < -0.39 is 23.5 Å². The van der Waals surface area contributed by atoms with E-state index in [1.54, 1.807) is 42.5 Å². The molecule has 1 aliphatic heterocycles. The minimum Gasteiger partial charge on any atom is -0.503 e. The van der Waals surface area contributed by atoms with Gasteiger partial charge in [-0.3, -0.25) is 14.5 Å². The number of unbranched alkanes of at least 4 members (excludes halogenated alkanes) is 3. The van der Waals surface area contributed by atoms with Crippen LogP contribution in [0, 0.1) is 5.82 Å². The van der Waals surface area contributed by atoms with Crippen LogP contribution in [0.1, 0.15) is 55.3 Å². The van der Waals surface area contributed by atoms with E-state index in [1.165, 1.54) is 46.2 Å². The standard InChI is InChI=1S/C34H32FN3O4S2/c1-2-3-4-8-21-42-27-18-14-25(15-19-27)30-29(28(39)20-13-23-9-6-5-7-10-23)31(40)32(41)38(30)33-36-37-34(44-33)43-22-24-11-16-26(35)17-12-24/h5-7,9-20,30,40H,2-4,8,21-22H2,1H3. The van der Waals surface area contributed by atoms with Gasteiger partial charge < -0.3 is 9.84 Å². The Balaban J connectivity index is 1.40. The number of halogens is 1. The molecule has 0 radical (unpaired) electrons. The number of ether oxygens (including phenoxy) is 1. The lowest BCUT2D eigenvalue weighted by atomic mass is 9.95. The van der Waals surface area contributed by atoms with Gasteiger partial charge in [-0.25, -0.2) is 4.39 Å². The second-order valence-electron chi connectivity index (χ2n) is 10.2. The molecule has 7 nitrogen and oxygen atoms in total. The molecule has 226 valence electrons. The second kappa shape index (κ2) is 14.9. The summed E-state index contributed by atoms with van der Waals surface area (Å²) < 4.78 is 19.8. The van der Waals surface area contributed by atoms with Gasteiger partial charge >= 0.3 is 0 Å². The van der Waals surface area contributed by atoms with Crippen molar-refractivity contribution in [2.45, 2.75) is 48.7 Å². The number of hydrogen-bond donors (Lipinski definition) is 1. The predicted octanol–water partition coefficient (Wildman–Crippen LogP) is 8.11. The van der Waals surface area contributed by atoms with Crippen molar-refractivity contribution >= 4 is 46.0 Å². The van der Waals surface area contributed by atoms with Crippen LogP contribution in [0.4, 0.5) is 9.52 Å². The molecule has 1 atom stereocenters. The SMILES string of the molecule is CCCCCCOc1ccc(C2C(C(=O)C=Cc3ccccc3)=C(O)C(=O)N2c2nnc(SCc3ccc(F)cc3)s2)cc1. The van der Waals surface area contributed by atoms with Crippen LogP contribution in [0.25, 0.3) is 6.08 Å². The van der Waals surface area contributed by atoms with Crippen molar-refractivity contribution in [1.29, 1.82) is 0 Å². The molecule has 0 bridgehead atoms. The summed E-state index contributed by atoms with van der Waals surface area (Å²) in [7, 11) is 0. The Morgan fingerprint density at radius 2 is 1.77 bits per heavy atom. The molecular weight excluding hydrogens is 598 g/mol. The third-order valence-electron chi connectivity index (χ3n) is 7.04. The zero-order valence-electron chi connectivity index (χ0n) is 24.2. The average Bonchev–Trinajstić information content (AvgIpc) is 3.62. The highest BCUT2D eigenvalue weighted by molar-refractivity contribution is 8.00. The van der Waals surface area contributed by atoms with Crippen molar-refractivity contribution in [3.63, 3.8) is 0 Å². The Kier molecular flexibility index (Phi) is 10.6. The molecule has 0 aliphatic carbocycles. The molecule has 0 saturated carbocycles. The van der Waals surface area contributed by atoms with Gasteiger partial charge in [-0.05, 0) is 53.5 Å². The first-order chi connectivity index (χ1) is 21.4. The Labute approximate surface area is 264 Å². The third kappa shape index (κ3) is 7.62.